The first-order valence-electron chi connectivity index (χ1n) is 7.77. The van der Waals surface area contributed by atoms with E-state index in [1.165, 1.54) is 5.56 Å². The average molecular weight is 276 g/mol. The predicted molar refractivity (Wildman–Crippen MR) is 84.6 cm³/mol. The summed E-state index contributed by atoms with van der Waals surface area (Å²) in [5, 5.41) is 9.74. The van der Waals surface area contributed by atoms with Crippen molar-refractivity contribution in [2.45, 2.75) is 58.2 Å². The lowest BCUT2D eigenvalue weighted by molar-refractivity contribution is 0.114. The molecule has 0 bridgehead atoms. The highest BCUT2D eigenvalue weighted by molar-refractivity contribution is 5.13. The van der Waals surface area contributed by atoms with Crippen LogP contribution in [0.4, 0.5) is 0 Å². The van der Waals surface area contributed by atoms with Gasteiger partial charge in [-0.25, -0.2) is 0 Å². The van der Waals surface area contributed by atoms with Gasteiger partial charge in [-0.05, 0) is 31.2 Å². The molecule has 112 valence electrons. The molecule has 1 rings (SSSR count). The molecule has 1 aromatic rings. The van der Waals surface area contributed by atoms with E-state index in [1.807, 2.05) is 18.2 Å². The van der Waals surface area contributed by atoms with Gasteiger partial charge in [0.15, 0.2) is 0 Å². The Morgan fingerprint density at radius 2 is 1.90 bits per heavy atom. The average Bonchev–Trinajstić information content (AvgIpc) is 2.47. The normalized spacial score (nSPS) is 12.9. The zero-order valence-electron chi connectivity index (χ0n) is 12.6. The molecular weight excluding hydrogens is 248 g/mol. The number of rotatable bonds is 11. The molecule has 0 aromatic heterocycles. The molecule has 0 aliphatic heterocycles. The van der Waals surface area contributed by atoms with Crippen molar-refractivity contribution in [1.82, 2.24) is 0 Å². The molecule has 1 N–H and O–H groups in total. The standard InChI is InChI=1S/C18H28O2/c1-2-3-6-13-18(19)14-9-5-10-15-20-16-17-11-7-4-8-12-17/h3-4,6-8,11-12,18-19H,2,5,9-10,13-16H2,1H3/b6-3+/t18-/m0/s1. The second-order valence-corrected chi connectivity index (χ2v) is 5.16. The van der Waals surface area contributed by atoms with Gasteiger partial charge < -0.3 is 9.84 Å². The molecule has 0 amide bonds. The number of aliphatic hydroxyl groups is 1. The smallest absolute Gasteiger partial charge is 0.0716 e. The second-order valence-electron chi connectivity index (χ2n) is 5.16. The van der Waals surface area contributed by atoms with Gasteiger partial charge >= 0.3 is 0 Å². The number of ether oxygens (including phenoxy) is 1. The van der Waals surface area contributed by atoms with Gasteiger partial charge in [0, 0.05) is 6.61 Å². The minimum absolute atomic E-state index is 0.178. The molecule has 0 aliphatic carbocycles. The van der Waals surface area contributed by atoms with Crippen molar-refractivity contribution in [2.24, 2.45) is 0 Å². The largest absolute Gasteiger partial charge is 0.393 e. The van der Waals surface area contributed by atoms with E-state index in [9.17, 15) is 5.11 Å². The maximum absolute atomic E-state index is 9.74. The van der Waals surface area contributed by atoms with Crippen LogP contribution < -0.4 is 0 Å². The molecule has 0 saturated heterocycles. The Balaban J connectivity index is 1.91. The van der Waals surface area contributed by atoms with Crippen LogP contribution >= 0.6 is 0 Å². The molecule has 0 spiro atoms. The van der Waals surface area contributed by atoms with E-state index < -0.39 is 0 Å². The van der Waals surface area contributed by atoms with Crippen LogP contribution in [0, 0.1) is 0 Å². The topological polar surface area (TPSA) is 29.5 Å². The van der Waals surface area contributed by atoms with E-state index in [2.05, 4.69) is 31.2 Å². The highest BCUT2D eigenvalue weighted by Crippen LogP contribution is 2.08. The first-order chi connectivity index (χ1) is 9.83. The first-order valence-corrected chi connectivity index (χ1v) is 7.77. The van der Waals surface area contributed by atoms with Crippen molar-refractivity contribution in [3.63, 3.8) is 0 Å². The molecule has 0 saturated carbocycles. The summed E-state index contributed by atoms with van der Waals surface area (Å²) >= 11 is 0. The number of aliphatic hydroxyl groups excluding tert-OH is 1. The molecule has 0 unspecified atom stereocenters. The third-order valence-corrected chi connectivity index (χ3v) is 3.25. The van der Waals surface area contributed by atoms with Crippen molar-refractivity contribution in [3.8, 4) is 0 Å². The van der Waals surface area contributed by atoms with E-state index in [0.29, 0.717) is 6.61 Å². The summed E-state index contributed by atoms with van der Waals surface area (Å²) < 4.78 is 5.63. The van der Waals surface area contributed by atoms with Crippen molar-refractivity contribution < 1.29 is 9.84 Å². The van der Waals surface area contributed by atoms with Crippen LogP contribution in [0.3, 0.4) is 0 Å². The number of unbranched alkanes of at least 4 members (excludes halogenated alkanes) is 2. The molecule has 0 radical (unpaired) electrons. The number of allylic oxidation sites excluding steroid dienone is 1. The minimum atomic E-state index is -0.178. The van der Waals surface area contributed by atoms with Gasteiger partial charge in [0.25, 0.3) is 0 Å². The fourth-order valence-corrected chi connectivity index (χ4v) is 2.06. The molecular formula is C18H28O2. The fraction of sp³-hybridized carbons (Fsp3) is 0.556. The summed E-state index contributed by atoms with van der Waals surface area (Å²) in [5.41, 5.74) is 1.23. The Labute approximate surface area is 123 Å². The molecule has 0 heterocycles. The van der Waals surface area contributed by atoms with Crippen LogP contribution in [0.2, 0.25) is 0 Å². The van der Waals surface area contributed by atoms with E-state index in [0.717, 1.165) is 45.1 Å². The molecule has 0 fully saturated rings. The molecule has 0 aliphatic rings. The van der Waals surface area contributed by atoms with Gasteiger partial charge in [0.05, 0.1) is 12.7 Å². The summed E-state index contributed by atoms with van der Waals surface area (Å²) in [5.74, 6) is 0. The van der Waals surface area contributed by atoms with Crippen LogP contribution in [0.25, 0.3) is 0 Å². The third-order valence-electron chi connectivity index (χ3n) is 3.25. The second kappa shape index (κ2) is 11.7. The lowest BCUT2D eigenvalue weighted by atomic mass is 10.1. The zero-order chi connectivity index (χ0) is 14.5. The highest BCUT2D eigenvalue weighted by atomic mass is 16.5. The monoisotopic (exact) mass is 276 g/mol. The summed E-state index contributed by atoms with van der Waals surface area (Å²) in [6.45, 7) is 3.62. The zero-order valence-corrected chi connectivity index (χ0v) is 12.6. The fourth-order valence-electron chi connectivity index (χ4n) is 2.06. The Bertz CT molecular complexity index is 346. The van der Waals surface area contributed by atoms with E-state index >= 15 is 0 Å². The van der Waals surface area contributed by atoms with Crippen LogP contribution in [-0.2, 0) is 11.3 Å². The molecule has 1 aromatic carbocycles. The van der Waals surface area contributed by atoms with Gasteiger partial charge in [0.1, 0.15) is 0 Å². The first kappa shape index (κ1) is 16.9. The summed E-state index contributed by atoms with van der Waals surface area (Å²) in [7, 11) is 0. The lowest BCUT2D eigenvalue weighted by Gasteiger charge is -2.08. The maximum atomic E-state index is 9.74. The summed E-state index contributed by atoms with van der Waals surface area (Å²) in [6.07, 6.45) is 10.0. The Morgan fingerprint density at radius 3 is 2.65 bits per heavy atom. The lowest BCUT2D eigenvalue weighted by Crippen LogP contribution is -2.04. The predicted octanol–water partition coefficient (Wildman–Crippen LogP) is 4.48. The van der Waals surface area contributed by atoms with Crippen LogP contribution in [-0.4, -0.2) is 17.8 Å². The maximum Gasteiger partial charge on any atom is 0.0716 e. The van der Waals surface area contributed by atoms with Crippen molar-refractivity contribution >= 4 is 0 Å². The van der Waals surface area contributed by atoms with Crippen molar-refractivity contribution in [2.75, 3.05) is 6.61 Å². The Hall–Kier alpha value is -1.12. The summed E-state index contributed by atoms with van der Waals surface area (Å²) in [4.78, 5) is 0. The molecule has 2 nitrogen and oxygen atoms in total. The van der Waals surface area contributed by atoms with Gasteiger partial charge in [-0.1, -0.05) is 62.2 Å². The van der Waals surface area contributed by atoms with Crippen LogP contribution in [0.15, 0.2) is 42.5 Å². The third kappa shape index (κ3) is 8.89. The number of hydrogen-bond acceptors (Lipinski definition) is 2. The van der Waals surface area contributed by atoms with E-state index in [1.54, 1.807) is 0 Å². The van der Waals surface area contributed by atoms with Gasteiger partial charge in [-0.2, -0.15) is 0 Å². The summed E-state index contributed by atoms with van der Waals surface area (Å²) in [6, 6.07) is 10.3. The van der Waals surface area contributed by atoms with Gasteiger partial charge in [-0.15, -0.1) is 0 Å². The Morgan fingerprint density at radius 1 is 1.10 bits per heavy atom. The quantitative estimate of drug-likeness (QED) is 0.477. The molecule has 1 atom stereocenters. The number of hydrogen-bond donors (Lipinski definition) is 1. The molecule has 2 heteroatoms. The van der Waals surface area contributed by atoms with E-state index in [4.69, 9.17) is 4.74 Å². The highest BCUT2D eigenvalue weighted by Gasteiger charge is 2.01. The van der Waals surface area contributed by atoms with E-state index in [-0.39, 0.29) is 6.10 Å². The minimum Gasteiger partial charge on any atom is -0.393 e. The van der Waals surface area contributed by atoms with Crippen molar-refractivity contribution in [1.29, 1.82) is 0 Å². The number of benzene rings is 1. The van der Waals surface area contributed by atoms with Crippen molar-refractivity contribution in [3.05, 3.63) is 48.0 Å². The van der Waals surface area contributed by atoms with Crippen LogP contribution in [0.1, 0.15) is 51.0 Å². The van der Waals surface area contributed by atoms with Gasteiger partial charge in [-0.3, -0.25) is 0 Å². The Kier molecular flexibility index (Phi) is 9.89. The van der Waals surface area contributed by atoms with Crippen LogP contribution in [0.5, 0.6) is 0 Å². The van der Waals surface area contributed by atoms with Gasteiger partial charge in [0.2, 0.25) is 0 Å². The SMILES string of the molecule is CC/C=C/C[C@H](O)CCCCCOCc1ccccc1. The molecule has 20 heavy (non-hydrogen) atoms.